The summed E-state index contributed by atoms with van der Waals surface area (Å²) in [5, 5.41) is 11.6. The van der Waals surface area contributed by atoms with Gasteiger partial charge in [0.25, 0.3) is 0 Å². The van der Waals surface area contributed by atoms with E-state index in [9.17, 15) is 9.59 Å². The maximum atomic E-state index is 12.2. The first-order valence-electron chi connectivity index (χ1n) is 5.91. The number of hydrogen-bond acceptors (Lipinski definition) is 4. The zero-order valence-corrected chi connectivity index (χ0v) is 10.6. The largest absolute Gasteiger partial charge is 0.478 e. The minimum atomic E-state index is -1.04. The molecule has 0 spiro atoms. The molecule has 4 N–H and O–H groups in total. The van der Waals surface area contributed by atoms with Crippen LogP contribution in [0.1, 0.15) is 17.3 Å². The van der Waals surface area contributed by atoms with E-state index < -0.39 is 11.4 Å². The lowest BCUT2D eigenvalue weighted by Crippen LogP contribution is -2.47. The summed E-state index contributed by atoms with van der Waals surface area (Å²) < 4.78 is 5.21. The molecule has 1 aliphatic heterocycles. The van der Waals surface area contributed by atoms with Gasteiger partial charge in [0, 0.05) is 11.7 Å². The summed E-state index contributed by atoms with van der Waals surface area (Å²) in [5.74, 6) is -1.30. The zero-order valence-electron chi connectivity index (χ0n) is 10.6. The van der Waals surface area contributed by atoms with E-state index in [1.165, 1.54) is 12.1 Å². The molecule has 1 aliphatic rings. The molecule has 2 unspecified atom stereocenters. The molecule has 1 aromatic carbocycles. The summed E-state index contributed by atoms with van der Waals surface area (Å²) >= 11 is 0. The van der Waals surface area contributed by atoms with Crippen molar-refractivity contribution >= 4 is 17.6 Å². The summed E-state index contributed by atoms with van der Waals surface area (Å²) in [7, 11) is 0. The van der Waals surface area contributed by atoms with Gasteiger partial charge in [-0.3, -0.25) is 4.79 Å². The molecule has 0 saturated carbocycles. The van der Waals surface area contributed by atoms with Crippen LogP contribution < -0.4 is 11.1 Å². The van der Waals surface area contributed by atoms with Crippen LogP contribution in [0.3, 0.4) is 0 Å². The fourth-order valence-corrected chi connectivity index (χ4v) is 1.93. The molecule has 0 radical (unpaired) electrons. The molecule has 0 aromatic heterocycles. The van der Waals surface area contributed by atoms with Crippen LogP contribution in [-0.2, 0) is 9.53 Å². The van der Waals surface area contributed by atoms with Crippen molar-refractivity contribution in [1.82, 2.24) is 0 Å². The van der Waals surface area contributed by atoms with Crippen LogP contribution in [0.15, 0.2) is 24.3 Å². The molecule has 1 heterocycles. The van der Waals surface area contributed by atoms with E-state index in [0.29, 0.717) is 12.3 Å². The van der Waals surface area contributed by atoms with Crippen molar-refractivity contribution in [3.63, 3.8) is 0 Å². The number of rotatable bonds is 3. The molecule has 0 bridgehead atoms. The Kier molecular flexibility index (Phi) is 3.55. The van der Waals surface area contributed by atoms with E-state index in [1.807, 2.05) is 0 Å². The number of aromatic carboxylic acids is 1. The topological polar surface area (TPSA) is 102 Å². The first-order chi connectivity index (χ1) is 8.93. The Morgan fingerprint density at radius 1 is 1.53 bits per heavy atom. The number of ether oxygens (including phenoxy) is 1. The Morgan fingerprint density at radius 3 is 2.84 bits per heavy atom. The number of carboxylic acid groups (broad SMARTS) is 1. The molecule has 2 rings (SSSR count). The van der Waals surface area contributed by atoms with Crippen molar-refractivity contribution in [3.8, 4) is 0 Å². The number of nitrogens with one attached hydrogen (secondary N) is 1. The van der Waals surface area contributed by atoms with Crippen LogP contribution in [0.4, 0.5) is 5.69 Å². The molecule has 102 valence electrons. The predicted octanol–water partition coefficient (Wildman–Crippen LogP) is 0.687. The average molecular weight is 264 g/mol. The normalized spacial score (nSPS) is 26.1. The molecular weight excluding hydrogens is 248 g/mol. The fourth-order valence-electron chi connectivity index (χ4n) is 1.93. The Morgan fingerprint density at radius 2 is 2.26 bits per heavy atom. The van der Waals surface area contributed by atoms with Gasteiger partial charge < -0.3 is 20.9 Å². The molecule has 1 saturated heterocycles. The van der Waals surface area contributed by atoms with Gasteiger partial charge in [0.15, 0.2) is 0 Å². The van der Waals surface area contributed by atoms with Crippen molar-refractivity contribution in [1.29, 1.82) is 0 Å². The Labute approximate surface area is 110 Å². The number of nitrogens with two attached hydrogens (primary N) is 1. The molecule has 1 fully saturated rings. The van der Waals surface area contributed by atoms with Crippen molar-refractivity contribution in [2.75, 3.05) is 18.5 Å². The molecule has 0 aliphatic carbocycles. The highest BCUT2D eigenvalue weighted by Gasteiger charge is 2.44. The van der Waals surface area contributed by atoms with E-state index in [-0.39, 0.29) is 24.1 Å². The standard InChI is InChI=1S/C13H16N2O4/c1-13(7-19-6-10(13)14)12(18)15-9-4-2-3-8(5-9)11(16)17/h2-5,10H,6-7,14H2,1H3,(H,15,18)(H,16,17). The Hall–Kier alpha value is -1.92. The Bertz CT molecular complexity index is 517. The number of amides is 1. The number of carboxylic acids is 1. The van der Waals surface area contributed by atoms with Gasteiger partial charge in [-0.15, -0.1) is 0 Å². The molecule has 2 atom stereocenters. The van der Waals surface area contributed by atoms with E-state index in [1.54, 1.807) is 19.1 Å². The summed E-state index contributed by atoms with van der Waals surface area (Å²) in [6, 6.07) is 5.71. The number of hydrogen-bond donors (Lipinski definition) is 3. The smallest absolute Gasteiger partial charge is 0.335 e. The van der Waals surface area contributed by atoms with Crippen LogP contribution in [0.2, 0.25) is 0 Å². The van der Waals surface area contributed by atoms with Gasteiger partial charge in [-0.2, -0.15) is 0 Å². The first-order valence-corrected chi connectivity index (χ1v) is 5.91. The van der Waals surface area contributed by atoms with Crippen molar-refractivity contribution < 1.29 is 19.4 Å². The number of anilines is 1. The number of carbonyl (C=O) groups is 2. The highest BCUT2D eigenvalue weighted by atomic mass is 16.5. The predicted molar refractivity (Wildman–Crippen MR) is 68.9 cm³/mol. The molecule has 1 aromatic rings. The van der Waals surface area contributed by atoms with Gasteiger partial charge in [-0.25, -0.2) is 4.79 Å². The lowest BCUT2D eigenvalue weighted by Gasteiger charge is -2.25. The number of carbonyl (C=O) groups excluding carboxylic acids is 1. The van der Waals surface area contributed by atoms with Gasteiger partial charge in [-0.1, -0.05) is 6.07 Å². The van der Waals surface area contributed by atoms with Gasteiger partial charge in [-0.05, 0) is 25.1 Å². The third kappa shape index (κ3) is 2.59. The SMILES string of the molecule is CC1(C(=O)Nc2cccc(C(=O)O)c2)COCC1N. The quantitative estimate of drug-likeness (QED) is 0.745. The molecule has 6 nitrogen and oxygen atoms in total. The molecule has 1 amide bonds. The Balaban J connectivity index is 2.15. The van der Waals surface area contributed by atoms with E-state index in [0.717, 1.165) is 0 Å². The summed E-state index contributed by atoms with van der Waals surface area (Å²) in [4.78, 5) is 23.1. The number of benzene rings is 1. The average Bonchev–Trinajstić information content (AvgIpc) is 2.71. The minimum absolute atomic E-state index is 0.120. The lowest BCUT2D eigenvalue weighted by atomic mass is 9.85. The maximum absolute atomic E-state index is 12.2. The maximum Gasteiger partial charge on any atom is 0.335 e. The molecule has 19 heavy (non-hydrogen) atoms. The summed E-state index contributed by atoms with van der Waals surface area (Å²) in [5.41, 5.74) is 5.63. The van der Waals surface area contributed by atoms with Crippen LogP contribution in [0.5, 0.6) is 0 Å². The third-order valence-corrected chi connectivity index (χ3v) is 3.40. The first kappa shape index (κ1) is 13.5. The van der Waals surface area contributed by atoms with Crippen LogP contribution in [0.25, 0.3) is 0 Å². The zero-order chi connectivity index (χ0) is 14.0. The van der Waals surface area contributed by atoms with Gasteiger partial charge in [0.1, 0.15) is 0 Å². The van der Waals surface area contributed by atoms with Crippen molar-refractivity contribution in [2.24, 2.45) is 11.1 Å². The summed E-state index contributed by atoms with van der Waals surface area (Å²) in [6.07, 6.45) is 0. The van der Waals surface area contributed by atoms with Gasteiger partial charge >= 0.3 is 5.97 Å². The van der Waals surface area contributed by atoms with E-state index >= 15 is 0 Å². The van der Waals surface area contributed by atoms with Crippen LogP contribution in [-0.4, -0.2) is 36.2 Å². The highest BCUT2D eigenvalue weighted by molar-refractivity contribution is 5.97. The van der Waals surface area contributed by atoms with Gasteiger partial charge in [0.05, 0.1) is 24.2 Å². The second kappa shape index (κ2) is 4.99. The van der Waals surface area contributed by atoms with E-state index in [4.69, 9.17) is 15.6 Å². The second-order valence-corrected chi connectivity index (χ2v) is 4.88. The van der Waals surface area contributed by atoms with Gasteiger partial charge in [0.2, 0.25) is 5.91 Å². The molecule has 6 heteroatoms. The minimum Gasteiger partial charge on any atom is -0.478 e. The monoisotopic (exact) mass is 264 g/mol. The van der Waals surface area contributed by atoms with E-state index in [2.05, 4.69) is 5.32 Å². The van der Waals surface area contributed by atoms with Crippen molar-refractivity contribution in [3.05, 3.63) is 29.8 Å². The van der Waals surface area contributed by atoms with Crippen LogP contribution >= 0.6 is 0 Å². The van der Waals surface area contributed by atoms with Crippen LogP contribution in [0, 0.1) is 5.41 Å². The fraction of sp³-hybridized carbons (Fsp3) is 0.385. The lowest BCUT2D eigenvalue weighted by molar-refractivity contribution is -0.125. The summed E-state index contributed by atoms with van der Waals surface area (Å²) in [6.45, 7) is 2.35. The second-order valence-electron chi connectivity index (χ2n) is 4.88. The van der Waals surface area contributed by atoms with Crippen molar-refractivity contribution in [2.45, 2.75) is 13.0 Å². The highest BCUT2D eigenvalue weighted by Crippen LogP contribution is 2.28. The molecular formula is C13H16N2O4. The third-order valence-electron chi connectivity index (χ3n) is 3.40.